The molecule has 0 rings (SSSR count). The third kappa shape index (κ3) is 9.81. The lowest BCUT2D eigenvalue weighted by Crippen LogP contribution is -2.44. The number of hydrogen-bond acceptors (Lipinski definition) is 3. The Morgan fingerprint density at radius 2 is 1.45 bits per heavy atom. The van der Waals surface area contributed by atoms with E-state index < -0.39 is 0 Å². The summed E-state index contributed by atoms with van der Waals surface area (Å²) in [6.07, 6.45) is 3.36. The van der Waals surface area contributed by atoms with Crippen LogP contribution in [-0.4, -0.2) is 30.5 Å². The molecule has 0 radical (unpaired) electrons. The van der Waals surface area contributed by atoms with Crippen molar-refractivity contribution in [3.63, 3.8) is 0 Å². The Labute approximate surface area is 140 Å². The van der Waals surface area contributed by atoms with Gasteiger partial charge in [-0.15, -0.1) is 0 Å². The van der Waals surface area contributed by atoms with Gasteiger partial charge in [-0.2, -0.15) is 0 Å². The summed E-state index contributed by atoms with van der Waals surface area (Å²) >= 11 is 0. The van der Waals surface area contributed by atoms with E-state index in [0.717, 1.165) is 25.9 Å². The summed E-state index contributed by atoms with van der Waals surface area (Å²) in [7, 11) is 0. The zero-order chi connectivity index (χ0) is 18.0. The molecule has 0 heterocycles. The van der Waals surface area contributed by atoms with Gasteiger partial charge in [0.15, 0.2) is 0 Å². The second-order valence-electron chi connectivity index (χ2n) is 7.42. The lowest BCUT2D eigenvalue weighted by molar-refractivity contribution is -0.121. The second kappa shape index (κ2) is 11.4. The number of rotatable bonds is 10. The topological polar surface area (TPSA) is 44.5 Å². The van der Waals surface area contributed by atoms with Crippen LogP contribution in [0.3, 0.4) is 0 Å². The van der Waals surface area contributed by atoms with Crippen molar-refractivity contribution in [2.24, 2.45) is 11.1 Å². The van der Waals surface area contributed by atoms with Crippen LogP contribution in [0.25, 0.3) is 0 Å². The molecule has 0 bridgehead atoms. The first-order chi connectivity index (χ1) is 10.0. The molecule has 3 atom stereocenters. The zero-order valence-corrected chi connectivity index (χ0v) is 17.0. The van der Waals surface area contributed by atoms with E-state index in [1.165, 1.54) is 0 Å². The SMILES string of the molecule is CC.CCCOC(C)(C)C(C)(C)CC(C)OC(C)CC(C)N. The van der Waals surface area contributed by atoms with Crippen LogP contribution in [0.5, 0.6) is 0 Å². The summed E-state index contributed by atoms with van der Waals surface area (Å²) < 4.78 is 12.1. The molecule has 0 aliphatic rings. The van der Waals surface area contributed by atoms with Crippen LogP contribution in [0, 0.1) is 5.41 Å². The highest BCUT2D eigenvalue weighted by molar-refractivity contribution is 4.89. The second-order valence-corrected chi connectivity index (χ2v) is 7.42. The van der Waals surface area contributed by atoms with Crippen LogP contribution >= 0.6 is 0 Å². The quantitative estimate of drug-likeness (QED) is 0.605. The van der Waals surface area contributed by atoms with E-state index in [0.29, 0.717) is 0 Å². The molecule has 3 unspecified atom stereocenters. The van der Waals surface area contributed by atoms with Gasteiger partial charge in [0.1, 0.15) is 0 Å². The van der Waals surface area contributed by atoms with Gasteiger partial charge in [0.2, 0.25) is 0 Å². The molecule has 0 fully saturated rings. The molecule has 0 aromatic rings. The molecule has 0 aliphatic heterocycles. The Morgan fingerprint density at radius 1 is 0.955 bits per heavy atom. The highest BCUT2D eigenvalue weighted by Gasteiger charge is 2.39. The molecule has 0 aliphatic carbocycles. The van der Waals surface area contributed by atoms with Crippen molar-refractivity contribution in [1.29, 1.82) is 0 Å². The Bertz CT molecular complexity index is 262. The van der Waals surface area contributed by atoms with Crippen molar-refractivity contribution in [2.45, 2.75) is 112 Å². The molecule has 0 amide bonds. The predicted octanol–water partition coefficient (Wildman–Crippen LogP) is 5.17. The highest BCUT2D eigenvalue weighted by Crippen LogP contribution is 2.38. The first-order valence-corrected chi connectivity index (χ1v) is 9.06. The first kappa shape index (κ1) is 24.1. The Balaban J connectivity index is 0. The Morgan fingerprint density at radius 3 is 1.86 bits per heavy atom. The van der Waals surface area contributed by atoms with Gasteiger partial charge in [-0.25, -0.2) is 0 Å². The van der Waals surface area contributed by atoms with E-state index in [-0.39, 0.29) is 29.3 Å². The van der Waals surface area contributed by atoms with Crippen LogP contribution in [0.4, 0.5) is 0 Å². The molecule has 0 aromatic carbocycles. The van der Waals surface area contributed by atoms with Gasteiger partial charge in [-0.05, 0) is 59.3 Å². The summed E-state index contributed by atoms with van der Waals surface area (Å²) in [5.41, 5.74) is 5.74. The monoisotopic (exact) mass is 317 g/mol. The molecule has 136 valence electrons. The molecular formula is C19H43NO2. The van der Waals surface area contributed by atoms with Crippen molar-refractivity contribution in [3.05, 3.63) is 0 Å². The van der Waals surface area contributed by atoms with Crippen LogP contribution in [0.15, 0.2) is 0 Å². The summed E-state index contributed by atoms with van der Waals surface area (Å²) in [5.74, 6) is 0. The van der Waals surface area contributed by atoms with E-state index in [4.69, 9.17) is 15.2 Å². The van der Waals surface area contributed by atoms with E-state index in [1.807, 2.05) is 20.8 Å². The smallest absolute Gasteiger partial charge is 0.0678 e. The normalized spacial score (nSPS) is 16.5. The highest BCUT2D eigenvalue weighted by atomic mass is 16.5. The third-order valence-corrected chi connectivity index (χ3v) is 4.26. The van der Waals surface area contributed by atoms with Crippen molar-refractivity contribution in [2.75, 3.05) is 6.61 Å². The summed E-state index contributed by atoms with van der Waals surface area (Å²) in [6, 6.07) is 0.189. The fraction of sp³-hybridized carbons (Fsp3) is 1.00. The van der Waals surface area contributed by atoms with Gasteiger partial charge >= 0.3 is 0 Å². The first-order valence-electron chi connectivity index (χ1n) is 9.06. The fourth-order valence-electron chi connectivity index (χ4n) is 2.54. The Kier molecular flexibility index (Phi) is 12.5. The molecule has 22 heavy (non-hydrogen) atoms. The number of ether oxygens (including phenoxy) is 2. The molecule has 3 nitrogen and oxygen atoms in total. The number of nitrogens with two attached hydrogens (primary N) is 1. The van der Waals surface area contributed by atoms with Gasteiger partial charge in [0.25, 0.3) is 0 Å². The summed E-state index contributed by atoms with van der Waals surface area (Å²) in [5, 5.41) is 0. The van der Waals surface area contributed by atoms with E-state index in [9.17, 15) is 0 Å². The van der Waals surface area contributed by atoms with Crippen LogP contribution in [0.1, 0.15) is 88.5 Å². The van der Waals surface area contributed by atoms with Crippen molar-refractivity contribution in [1.82, 2.24) is 0 Å². The third-order valence-electron chi connectivity index (χ3n) is 4.26. The molecule has 0 saturated carbocycles. The van der Waals surface area contributed by atoms with Crippen molar-refractivity contribution in [3.8, 4) is 0 Å². The summed E-state index contributed by atoms with van der Waals surface area (Å²) in [6.45, 7) is 22.1. The minimum absolute atomic E-state index is 0.0651. The number of hydrogen-bond donors (Lipinski definition) is 1. The largest absolute Gasteiger partial charge is 0.375 e. The predicted molar refractivity (Wildman–Crippen MR) is 98.3 cm³/mol. The van der Waals surface area contributed by atoms with Crippen LogP contribution in [-0.2, 0) is 9.47 Å². The average Bonchev–Trinajstić information content (AvgIpc) is 2.36. The van der Waals surface area contributed by atoms with E-state index in [2.05, 4.69) is 48.5 Å². The van der Waals surface area contributed by atoms with Crippen LogP contribution in [0.2, 0.25) is 0 Å². The maximum absolute atomic E-state index is 6.06. The standard InChI is InChI=1S/C17H37NO2.C2H6/c1-9-10-19-17(7,8)16(5,6)12-15(4)20-14(3)11-13(2)18;1-2/h13-15H,9-12,18H2,1-8H3;1-2H3. The van der Waals surface area contributed by atoms with Gasteiger partial charge in [0.05, 0.1) is 17.8 Å². The minimum atomic E-state index is -0.148. The lowest BCUT2D eigenvalue weighted by Gasteiger charge is -2.43. The van der Waals surface area contributed by atoms with Gasteiger partial charge < -0.3 is 15.2 Å². The average molecular weight is 318 g/mol. The minimum Gasteiger partial charge on any atom is -0.375 e. The molecule has 2 N–H and O–H groups in total. The fourth-order valence-corrected chi connectivity index (χ4v) is 2.54. The van der Waals surface area contributed by atoms with Gasteiger partial charge in [0, 0.05) is 12.6 Å². The molecule has 0 spiro atoms. The molecule has 0 aromatic heterocycles. The molecule has 0 saturated heterocycles. The zero-order valence-electron chi connectivity index (χ0n) is 17.0. The van der Waals surface area contributed by atoms with Crippen molar-refractivity contribution < 1.29 is 9.47 Å². The van der Waals surface area contributed by atoms with E-state index in [1.54, 1.807) is 0 Å². The summed E-state index contributed by atoms with van der Waals surface area (Å²) in [4.78, 5) is 0. The van der Waals surface area contributed by atoms with Crippen molar-refractivity contribution >= 4 is 0 Å². The maximum Gasteiger partial charge on any atom is 0.0678 e. The van der Waals surface area contributed by atoms with Gasteiger partial charge in [-0.3, -0.25) is 0 Å². The van der Waals surface area contributed by atoms with Gasteiger partial charge in [-0.1, -0.05) is 34.6 Å². The maximum atomic E-state index is 6.06. The molecular weight excluding hydrogens is 274 g/mol. The van der Waals surface area contributed by atoms with Crippen LogP contribution < -0.4 is 5.73 Å². The lowest BCUT2D eigenvalue weighted by atomic mass is 9.73. The Hall–Kier alpha value is -0.120. The molecule has 3 heteroatoms. The van der Waals surface area contributed by atoms with E-state index >= 15 is 0 Å².